The van der Waals surface area contributed by atoms with Gasteiger partial charge in [0.25, 0.3) is 0 Å². The van der Waals surface area contributed by atoms with E-state index in [2.05, 4.69) is 10.0 Å². The monoisotopic (exact) mass is 376 g/mol. The van der Waals surface area contributed by atoms with Crippen molar-refractivity contribution in [2.75, 3.05) is 19.0 Å². The summed E-state index contributed by atoms with van der Waals surface area (Å²) in [6, 6.07) is 12.5. The highest BCUT2D eigenvalue weighted by molar-refractivity contribution is 7.89. The number of carbonyl (C=O) groups excluding carboxylic acids is 1. The van der Waals surface area contributed by atoms with Gasteiger partial charge in [0.1, 0.15) is 0 Å². The predicted molar refractivity (Wildman–Crippen MR) is 102 cm³/mol. The minimum absolute atomic E-state index is 0.0218. The van der Waals surface area contributed by atoms with Crippen molar-refractivity contribution in [3.63, 3.8) is 0 Å². The average molecular weight is 376 g/mol. The molecule has 2 N–H and O–H groups in total. The fourth-order valence-electron chi connectivity index (χ4n) is 2.61. The minimum Gasteiger partial charge on any atom is -0.380 e. The van der Waals surface area contributed by atoms with E-state index in [1.165, 1.54) is 0 Å². The Morgan fingerprint density at radius 2 is 1.85 bits per heavy atom. The lowest BCUT2D eigenvalue weighted by atomic mass is 10.2. The first kappa shape index (κ1) is 20.1. The summed E-state index contributed by atoms with van der Waals surface area (Å²) in [5.41, 5.74) is 3.20. The maximum absolute atomic E-state index is 12.4. The molecule has 0 spiro atoms. The van der Waals surface area contributed by atoms with E-state index in [4.69, 9.17) is 4.74 Å². The molecule has 0 saturated carbocycles. The van der Waals surface area contributed by atoms with Crippen LogP contribution in [0.5, 0.6) is 0 Å². The number of aryl methyl sites for hydroxylation is 2. The second-order valence-electron chi connectivity index (χ2n) is 6.06. The Bertz CT molecular complexity index is 879. The molecule has 0 aliphatic heterocycles. The maximum atomic E-state index is 12.4. The molecule has 0 heterocycles. The summed E-state index contributed by atoms with van der Waals surface area (Å²) in [5, 5.41) is 2.79. The molecular formula is C19H24N2O4S. The lowest BCUT2D eigenvalue weighted by molar-refractivity contribution is -0.116. The van der Waals surface area contributed by atoms with E-state index < -0.39 is 10.0 Å². The molecule has 0 saturated heterocycles. The summed E-state index contributed by atoms with van der Waals surface area (Å²) >= 11 is 0. The van der Waals surface area contributed by atoms with Crippen LogP contribution in [0.2, 0.25) is 0 Å². The van der Waals surface area contributed by atoms with Gasteiger partial charge in [0.2, 0.25) is 15.9 Å². The predicted octanol–water partition coefficient (Wildman–Crippen LogP) is 2.76. The molecule has 140 valence electrons. The summed E-state index contributed by atoms with van der Waals surface area (Å²) < 4.78 is 32.3. The van der Waals surface area contributed by atoms with Gasteiger partial charge in [0.05, 0.1) is 11.5 Å². The van der Waals surface area contributed by atoms with Gasteiger partial charge in [-0.3, -0.25) is 4.79 Å². The van der Waals surface area contributed by atoms with E-state index in [0.29, 0.717) is 17.9 Å². The van der Waals surface area contributed by atoms with Crippen molar-refractivity contribution in [3.8, 4) is 0 Å². The fourth-order valence-corrected chi connectivity index (χ4v) is 3.87. The molecule has 0 radical (unpaired) electrons. The number of hydrogen-bond acceptors (Lipinski definition) is 4. The van der Waals surface area contributed by atoms with Gasteiger partial charge in [-0.05, 0) is 31.5 Å². The Morgan fingerprint density at radius 3 is 2.54 bits per heavy atom. The van der Waals surface area contributed by atoms with Gasteiger partial charge >= 0.3 is 0 Å². The number of carbonyl (C=O) groups is 1. The molecular weight excluding hydrogens is 352 g/mol. The lowest BCUT2D eigenvalue weighted by Crippen LogP contribution is -2.28. The average Bonchev–Trinajstić information content (AvgIpc) is 2.56. The van der Waals surface area contributed by atoms with E-state index in [9.17, 15) is 13.2 Å². The quantitative estimate of drug-likeness (QED) is 0.742. The van der Waals surface area contributed by atoms with Crippen LogP contribution >= 0.6 is 0 Å². The zero-order valence-corrected chi connectivity index (χ0v) is 16.0. The van der Waals surface area contributed by atoms with E-state index in [1.54, 1.807) is 32.2 Å². The highest BCUT2D eigenvalue weighted by Crippen LogP contribution is 2.17. The van der Waals surface area contributed by atoms with Crippen LogP contribution in [0.15, 0.2) is 47.4 Å². The topological polar surface area (TPSA) is 84.5 Å². The molecule has 2 aromatic carbocycles. The number of rotatable bonds is 8. The number of hydrogen-bond donors (Lipinski definition) is 2. The van der Waals surface area contributed by atoms with Gasteiger partial charge in [-0.15, -0.1) is 0 Å². The third-order valence-electron chi connectivity index (χ3n) is 3.86. The number of para-hydroxylation sites is 1. The van der Waals surface area contributed by atoms with E-state index in [1.807, 2.05) is 31.2 Å². The molecule has 2 rings (SSSR count). The fraction of sp³-hybridized carbons (Fsp3) is 0.316. The Kier molecular flexibility index (Phi) is 6.90. The van der Waals surface area contributed by atoms with E-state index in [0.717, 1.165) is 11.1 Å². The molecule has 0 bridgehead atoms. The number of ether oxygens (including phenoxy) is 1. The zero-order chi connectivity index (χ0) is 19.2. The summed E-state index contributed by atoms with van der Waals surface area (Å²) in [4.78, 5) is 12.3. The maximum Gasteiger partial charge on any atom is 0.240 e. The van der Waals surface area contributed by atoms with Gasteiger partial charge in [-0.2, -0.15) is 0 Å². The van der Waals surface area contributed by atoms with Crippen molar-refractivity contribution in [2.45, 2.75) is 31.8 Å². The van der Waals surface area contributed by atoms with Crippen LogP contribution in [0.1, 0.15) is 23.1 Å². The number of amides is 1. The standard InChI is InChI=1S/C19H24N2O4S/c1-14-8-9-18(15(2)12-14)26(23,24)20-11-10-19(22)21-17-7-5-4-6-16(17)13-25-3/h4-9,12,20H,10-11,13H2,1-3H3,(H,21,22). The minimum atomic E-state index is -3.64. The Morgan fingerprint density at radius 1 is 1.12 bits per heavy atom. The summed E-state index contributed by atoms with van der Waals surface area (Å²) in [6.07, 6.45) is 0.0332. The van der Waals surface area contributed by atoms with Crippen LogP contribution in [0.3, 0.4) is 0 Å². The molecule has 0 aliphatic rings. The first-order valence-electron chi connectivity index (χ1n) is 8.27. The van der Waals surface area contributed by atoms with Crippen LogP contribution in [-0.4, -0.2) is 28.0 Å². The summed E-state index contributed by atoms with van der Waals surface area (Å²) in [6.45, 7) is 4.06. The zero-order valence-electron chi connectivity index (χ0n) is 15.2. The molecule has 6 nitrogen and oxygen atoms in total. The van der Waals surface area contributed by atoms with Crippen LogP contribution in [0.25, 0.3) is 0 Å². The summed E-state index contributed by atoms with van der Waals surface area (Å²) in [5.74, 6) is -0.267. The molecule has 0 unspecified atom stereocenters. The first-order chi connectivity index (χ1) is 12.3. The van der Waals surface area contributed by atoms with Gasteiger partial charge in [0.15, 0.2) is 0 Å². The Balaban J connectivity index is 1.94. The number of nitrogens with one attached hydrogen (secondary N) is 2. The van der Waals surface area contributed by atoms with Crippen molar-refractivity contribution < 1.29 is 17.9 Å². The van der Waals surface area contributed by atoms with Crippen molar-refractivity contribution in [1.29, 1.82) is 0 Å². The normalized spacial score (nSPS) is 11.3. The van der Waals surface area contributed by atoms with Crippen molar-refractivity contribution >= 4 is 21.6 Å². The lowest BCUT2D eigenvalue weighted by Gasteiger charge is -2.12. The Hall–Kier alpha value is -2.22. The number of methoxy groups -OCH3 is 1. The number of anilines is 1. The molecule has 0 atom stereocenters. The molecule has 7 heteroatoms. The largest absolute Gasteiger partial charge is 0.380 e. The first-order valence-corrected chi connectivity index (χ1v) is 9.75. The molecule has 0 fully saturated rings. The van der Waals surface area contributed by atoms with Crippen molar-refractivity contribution in [2.24, 2.45) is 0 Å². The van der Waals surface area contributed by atoms with Crippen molar-refractivity contribution in [1.82, 2.24) is 4.72 Å². The van der Waals surface area contributed by atoms with Crippen LogP contribution in [0.4, 0.5) is 5.69 Å². The molecule has 0 aromatic heterocycles. The van der Waals surface area contributed by atoms with Gasteiger partial charge in [-0.1, -0.05) is 35.9 Å². The number of sulfonamides is 1. The molecule has 2 aromatic rings. The second kappa shape index (κ2) is 8.93. The highest BCUT2D eigenvalue weighted by Gasteiger charge is 2.17. The number of benzene rings is 2. The third-order valence-corrected chi connectivity index (χ3v) is 5.48. The molecule has 1 amide bonds. The third kappa shape index (κ3) is 5.39. The highest BCUT2D eigenvalue weighted by atomic mass is 32.2. The van der Waals surface area contributed by atoms with Gasteiger partial charge in [0, 0.05) is 31.3 Å². The summed E-state index contributed by atoms with van der Waals surface area (Å²) in [7, 11) is -2.06. The smallest absolute Gasteiger partial charge is 0.240 e. The second-order valence-corrected chi connectivity index (χ2v) is 7.79. The van der Waals surface area contributed by atoms with Crippen LogP contribution in [0, 0.1) is 13.8 Å². The Labute approximate surface area is 154 Å². The van der Waals surface area contributed by atoms with Crippen molar-refractivity contribution in [3.05, 3.63) is 59.2 Å². The van der Waals surface area contributed by atoms with Gasteiger partial charge in [-0.25, -0.2) is 13.1 Å². The van der Waals surface area contributed by atoms with E-state index >= 15 is 0 Å². The van der Waals surface area contributed by atoms with Gasteiger partial charge < -0.3 is 10.1 Å². The van der Waals surface area contributed by atoms with Crippen LogP contribution < -0.4 is 10.0 Å². The SMILES string of the molecule is COCc1ccccc1NC(=O)CCNS(=O)(=O)c1ccc(C)cc1C. The molecule has 26 heavy (non-hydrogen) atoms. The molecule has 0 aliphatic carbocycles. The van der Waals surface area contributed by atoms with E-state index in [-0.39, 0.29) is 23.8 Å². The van der Waals surface area contributed by atoms with Crippen LogP contribution in [-0.2, 0) is 26.2 Å².